The molecule has 0 saturated heterocycles. The maximum Gasteiger partial charge on any atom is 0.254 e. The molecule has 0 unspecified atom stereocenters. The number of nitrogens with two attached hydrogens (primary N) is 1. The minimum absolute atomic E-state index is 0.0975. The summed E-state index contributed by atoms with van der Waals surface area (Å²) in [5.74, 6) is -0.836. The number of nitrogens with one attached hydrogen (secondary N) is 1. The van der Waals surface area contributed by atoms with Crippen LogP contribution in [0, 0.1) is 12.7 Å². The standard InChI is InChI=1S/C14H19FN2O/c1-10-4-5-11(12(15)8-10)13(18)17-14(9-16)6-2-3-7-14/h4-5,8H,2-3,6-7,9,16H2,1H3,(H,17,18). The molecule has 0 bridgehead atoms. The van der Waals surface area contributed by atoms with Crippen molar-refractivity contribution >= 4 is 5.91 Å². The summed E-state index contributed by atoms with van der Waals surface area (Å²) in [6.07, 6.45) is 3.88. The highest BCUT2D eigenvalue weighted by atomic mass is 19.1. The van der Waals surface area contributed by atoms with Crippen LogP contribution in [0.4, 0.5) is 4.39 Å². The van der Waals surface area contributed by atoms with E-state index in [0.717, 1.165) is 31.2 Å². The van der Waals surface area contributed by atoms with Gasteiger partial charge in [0.1, 0.15) is 5.82 Å². The molecule has 18 heavy (non-hydrogen) atoms. The molecule has 98 valence electrons. The van der Waals surface area contributed by atoms with E-state index in [4.69, 9.17) is 5.73 Å². The molecule has 1 aliphatic carbocycles. The number of carbonyl (C=O) groups is 1. The molecule has 3 nitrogen and oxygen atoms in total. The Hall–Kier alpha value is -1.42. The average molecular weight is 250 g/mol. The average Bonchev–Trinajstić information content (AvgIpc) is 2.78. The van der Waals surface area contributed by atoms with Gasteiger partial charge in [-0.05, 0) is 37.5 Å². The van der Waals surface area contributed by atoms with Crippen molar-refractivity contribution in [2.45, 2.75) is 38.1 Å². The lowest BCUT2D eigenvalue weighted by atomic mass is 9.97. The van der Waals surface area contributed by atoms with Crippen molar-refractivity contribution < 1.29 is 9.18 Å². The summed E-state index contributed by atoms with van der Waals surface area (Å²) in [7, 11) is 0. The molecule has 0 aromatic heterocycles. The lowest BCUT2D eigenvalue weighted by Crippen LogP contribution is -2.51. The molecule has 1 saturated carbocycles. The highest BCUT2D eigenvalue weighted by Gasteiger charge is 2.34. The van der Waals surface area contributed by atoms with E-state index < -0.39 is 5.82 Å². The van der Waals surface area contributed by atoms with Gasteiger partial charge in [-0.2, -0.15) is 0 Å². The van der Waals surface area contributed by atoms with Gasteiger partial charge in [0, 0.05) is 6.54 Å². The molecule has 0 spiro atoms. The van der Waals surface area contributed by atoms with E-state index in [-0.39, 0.29) is 17.0 Å². The quantitative estimate of drug-likeness (QED) is 0.863. The first-order chi connectivity index (χ1) is 8.56. The number of hydrogen-bond acceptors (Lipinski definition) is 2. The van der Waals surface area contributed by atoms with Crippen LogP contribution in [-0.2, 0) is 0 Å². The summed E-state index contributed by atoms with van der Waals surface area (Å²) in [6, 6.07) is 4.64. The summed E-state index contributed by atoms with van der Waals surface area (Å²) < 4.78 is 13.7. The van der Waals surface area contributed by atoms with Crippen molar-refractivity contribution in [3.8, 4) is 0 Å². The molecule has 0 aliphatic heterocycles. The first-order valence-corrected chi connectivity index (χ1v) is 6.35. The van der Waals surface area contributed by atoms with Gasteiger partial charge in [-0.15, -0.1) is 0 Å². The molecule has 1 aromatic carbocycles. The molecular formula is C14H19FN2O. The summed E-state index contributed by atoms with van der Waals surface area (Å²) >= 11 is 0. The first kappa shape index (κ1) is 13.0. The molecule has 1 amide bonds. The summed E-state index contributed by atoms with van der Waals surface area (Å²) in [5, 5.41) is 2.91. The predicted molar refractivity (Wildman–Crippen MR) is 68.9 cm³/mol. The Morgan fingerprint density at radius 1 is 1.44 bits per heavy atom. The van der Waals surface area contributed by atoms with Crippen LogP contribution >= 0.6 is 0 Å². The van der Waals surface area contributed by atoms with Crippen LogP contribution in [0.1, 0.15) is 41.6 Å². The first-order valence-electron chi connectivity index (χ1n) is 6.35. The van der Waals surface area contributed by atoms with E-state index in [1.807, 2.05) is 0 Å². The normalized spacial score (nSPS) is 17.7. The highest BCUT2D eigenvalue weighted by molar-refractivity contribution is 5.95. The Morgan fingerprint density at radius 2 is 2.11 bits per heavy atom. The Labute approximate surface area is 107 Å². The lowest BCUT2D eigenvalue weighted by Gasteiger charge is -2.28. The van der Waals surface area contributed by atoms with Gasteiger partial charge in [0.25, 0.3) is 5.91 Å². The Balaban J connectivity index is 2.16. The molecule has 4 heteroatoms. The third kappa shape index (κ3) is 2.53. The fourth-order valence-electron chi connectivity index (χ4n) is 2.54. The maximum atomic E-state index is 13.7. The monoisotopic (exact) mass is 250 g/mol. The maximum absolute atomic E-state index is 13.7. The van der Waals surface area contributed by atoms with Crippen LogP contribution < -0.4 is 11.1 Å². The van der Waals surface area contributed by atoms with E-state index in [9.17, 15) is 9.18 Å². The number of carbonyl (C=O) groups excluding carboxylic acids is 1. The van der Waals surface area contributed by atoms with Crippen LogP contribution in [0.5, 0.6) is 0 Å². The summed E-state index contributed by atoms with van der Waals surface area (Å²) in [4.78, 5) is 12.1. The van der Waals surface area contributed by atoms with Gasteiger partial charge >= 0.3 is 0 Å². The fourth-order valence-corrected chi connectivity index (χ4v) is 2.54. The SMILES string of the molecule is Cc1ccc(C(=O)NC2(CN)CCCC2)c(F)c1. The van der Waals surface area contributed by atoms with Crippen molar-refractivity contribution in [1.82, 2.24) is 5.32 Å². The number of hydrogen-bond donors (Lipinski definition) is 2. The van der Waals surface area contributed by atoms with Crippen LogP contribution in [0.25, 0.3) is 0 Å². The zero-order chi connectivity index (χ0) is 13.2. The third-order valence-corrected chi connectivity index (χ3v) is 3.70. The van der Waals surface area contributed by atoms with E-state index in [1.165, 1.54) is 12.1 Å². The Morgan fingerprint density at radius 3 is 2.67 bits per heavy atom. The molecule has 1 fully saturated rings. The highest BCUT2D eigenvalue weighted by Crippen LogP contribution is 2.29. The van der Waals surface area contributed by atoms with Crippen molar-refractivity contribution in [1.29, 1.82) is 0 Å². The lowest BCUT2D eigenvalue weighted by molar-refractivity contribution is 0.0899. The number of aryl methyl sites for hydroxylation is 1. The van der Waals surface area contributed by atoms with Crippen molar-refractivity contribution in [2.75, 3.05) is 6.54 Å². The van der Waals surface area contributed by atoms with Crippen LogP contribution in [-0.4, -0.2) is 18.0 Å². The van der Waals surface area contributed by atoms with Gasteiger partial charge < -0.3 is 11.1 Å². The second-order valence-corrected chi connectivity index (χ2v) is 5.13. The second-order valence-electron chi connectivity index (χ2n) is 5.13. The molecule has 0 radical (unpaired) electrons. The number of rotatable bonds is 3. The van der Waals surface area contributed by atoms with Crippen LogP contribution in [0.2, 0.25) is 0 Å². The predicted octanol–water partition coefficient (Wildman–Crippen LogP) is 2.14. The summed E-state index contributed by atoms with van der Waals surface area (Å²) in [6.45, 7) is 2.20. The van der Waals surface area contributed by atoms with Gasteiger partial charge in [0.05, 0.1) is 11.1 Å². The van der Waals surface area contributed by atoms with Crippen LogP contribution in [0.3, 0.4) is 0 Å². The minimum atomic E-state index is -0.474. The molecule has 0 heterocycles. The van der Waals surface area contributed by atoms with Crippen LogP contribution in [0.15, 0.2) is 18.2 Å². The van der Waals surface area contributed by atoms with Gasteiger partial charge in [-0.3, -0.25) is 4.79 Å². The minimum Gasteiger partial charge on any atom is -0.345 e. The van der Waals surface area contributed by atoms with E-state index in [0.29, 0.717) is 6.54 Å². The molecule has 2 rings (SSSR count). The van der Waals surface area contributed by atoms with Gasteiger partial charge in [-0.1, -0.05) is 18.9 Å². The topological polar surface area (TPSA) is 55.1 Å². The van der Waals surface area contributed by atoms with Crippen molar-refractivity contribution in [3.05, 3.63) is 35.1 Å². The van der Waals surface area contributed by atoms with E-state index in [1.54, 1.807) is 13.0 Å². The molecule has 1 aromatic rings. The number of amides is 1. The third-order valence-electron chi connectivity index (χ3n) is 3.70. The smallest absolute Gasteiger partial charge is 0.254 e. The largest absolute Gasteiger partial charge is 0.345 e. The second kappa shape index (κ2) is 5.06. The molecule has 3 N–H and O–H groups in total. The Kier molecular flexibility index (Phi) is 3.66. The van der Waals surface area contributed by atoms with Gasteiger partial charge in [0.15, 0.2) is 0 Å². The zero-order valence-electron chi connectivity index (χ0n) is 10.6. The number of benzene rings is 1. The summed E-state index contributed by atoms with van der Waals surface area (Å²) in [5.41, 5.74) is 6.31. The van der Waals surface area contributed by atoms with Crippen molar-refractivity contribution in [3.63, 3.8) is 0 Å². The van der Waals surface area contributed by atoms with Crippen molar-refractivity contribution in [2.24, 2.45) is 5.73 Å². The molecule has 1 aliphatic rings. The fraction of sp³-hybridized carbons (Fsp3) is 0.500. The Bertz CT molecular complexity index is 453. The molecule has 0 atom stereocenters. The zero-order valence-corrected chi connectivity index (χ0v) is 10.6. The van der Waals surface area contributed by atoms with Gasteiger partial charge in [0.2, 0.25) is 0 Å². The molecular weight excluding hydrogens is 231 g/mol. The van der Waals surface area contributed by atoms with E-state index >= 15 is 0 Å². The van der Waals surface area contributed by atoms with Gasteiger partial charge in [-0.25, -0.2) is 4.39 Å². The van der Waals surface area contributed by atoms with E-state index in [2.05, 4.69) is 5.32 Å². The number of halogens is 1.